The van der Waals surface area contributed by atoms with E-state index in [0.717, 1.165) is 17.8 Å². The third kappa shape index (κ3) is 7.48. The van der Waals surface area contributed by atoms with Crippen molar-refractivity contribution in [2.75, 3.05) is 20.4 Å². The summed E-state index contributed by atoms with van der Waals surface area (Å²) in [5.41, 5.74) is -1.01. The molecule has 3 atom stereocenters. The number of esters is 1. The summed E-state index contributed by atoms with van der Waals surface area (Å²) in [6, 6.07) is 5.57. The Bertz CT molecular complexity index is 1080. The molecule has 1 aliphatic rings. The van der Waals surface area contributed by atoms with Crippen molar-refractivity contribution in [1.82, 2.24) is 4.90 Å². The van der Waals surface area contributed by atoms with Gasteiger partial charge in [-0.3, -0.25) is 9.79 Å². The van der Waals surface area contributed by atoms with Crippen LogP contribution in [0.25, 0.3) is 6.08 Å². The first-order valence-electron chi connectivity index (χ1n) is 12.8. The molecule has 0 aromatic heterocycles. The van der Waals surface area contributed by atoms with E-state index in [1.54, 1.807) is 52.8 Å². The third-order valence-electron chi connectivity index (χ3n) is 6.72. The van der Waals surface area contributed by atoms with Gasteiger partial charge in [-0.1, -0.05) is 57.0 Å². The Hall–Kier alpha value is -2.17. The highest BCUT2D eigenvalue weighted by molar-refractivity contribution is 8.15. The summed E-state index contributed by atoms with van der Waals surface area (Å²) in [4.78, 5) is 32.9. The molecule has 1 amide bonds. The highest BCUT2D eigenvalue weighted by atomic mass is 32.2. The third-order valence-corrected chi connectivity index (χ3v) is 9.87. The van der Waals surface area contributed by atoms with Crippen LogP contribution in [0.1, 0.15) is 52.7 Å². The van der Waals surface area contributed by atoms with Gasteiger partial charge in [0.1, 0.15) is 22.9 Å². The second-order valence-electron chi connectivity index (χ2n) is 12.2. The maximum absolute atomic E-state index is 15.4. The van der Waals surface area contributed by atoms with E-state index in [1.165, 1.54) is 18.1 Å². The number of methoxy groups -OCH3 is 1. The lowest BCUT2D eigenvalue weighted by atomic mass is 9.73. The molecule has 7 nitrogen and oxygen atoms in total. The molecule has 10 heteroatoms. The zero-order chi connectivity index (χ0) is 29.1. The maximum atomic E-state index is 15.4. The summed E-state index contributed by atoms with van der Waals surface area (Å²) in [5.74, 6) is -1.49. The van der Waals surface area contributed by atoms with Gasteiger partial charge in [-0.05, 0) is 58.4 Å². The minimum absolute atomic E-state index is 0.123. The number of aliphatic imine (C=N–C) groups is 1. The van der Waals surface area contributed by atoms with Crippen molar-refractivity contribution >= 4 is 43.1 Å². The Morgan fingerprint density at radius 1 is 1.26 bits per heavy atom. The summed E-state index contributed by atoms with van der Waals surface area (Å²) in [6.45, 7) is 21.5. The average molecular weight is 567 g/mol. The number of thioether (sulfide) groups is 1. The number of carbonyl (C=O) groups excluding carboxylic acids is 2. The number of amidine groups is 1. The highest BCUT2D eigenvalue weighted by Crippen LogP contribution is 2.52. The van der Waals surface area contributed by atoms with Crippen molar-refractivity contribution in [3.63, 3.8) is 0 Å². The molecule has 0 unspecified atom stereocenters. The van der Waals surface area contributed by atoms with Crippen LogP contribution in [0.4, 0.5) is 9.18 Å². The van der Waals surface area contributed by atoms with E-state index in [0.29, 0.717) is 17.7 Å². The first kappa shape index (κ1) is 32.0. The summed E-state index contributed by atoms with van der Waals surface area (Å²) in [5, 5.41) is 0.198. The van der Waals surface area contributed by atoms with Crippen molar-refractivity contribution in [2.24, 2.45) is 10.9 Å². The molecular weight excluding hydrogens is 523 g/mol. The quantitative estimate of drug-likeness (QED) is 0.147. The number of benzene rings is 1. The SMILES string of the molecule is C=Cc1ccc(F)c([C@@]2(C)N=C(N(COCC[Si](C)(C)C)C(=O)OC(C)(C)C)S[C@](C)(C(=O)OC)[C@H]2C)c1. The standard InChI is InChI=1S/C28H43FN2O5SSi/c1-12-20-13-14-22(29)21(17-20)27(6)19(2)28(7,23(32)34-8)37-24(30-27)31(25(33)36-26(3,4)5)18-35-15-16-38(9,10)11/h12-14,17,19H,1,15-16,18H2,2-11H3/t19-,27-,28-/m0/s1. The van der Waals surface area contributed by atoms with E-state index in [9.17, 15) is 9.59 Å². The van der Waals surface area contributed by atoms with Crippen LogP contribution in [0.2, 0.25) is 25.7 Å². The van der Waals surface area contributed by atoms with Crippen LogP contribution < -0.4 is 0 Å². The Labute approximate surface area is 232 Å². The predicted molar refractivity (Wildman–Crippen MR) is 155 cm³/mol. The van der Waals surface area contributed by atoms with Gasteiger partial charge in [0.15, 0.2) is 5.17 Å². The van der Waals surface area contributed by atoms with Gasteiger partial charge in [-0.2, -0.15) is 0 Å². The first-order chi connectivity index (χ1) is 17.4. The molecule has 1 aliphatic heterocycles. The molecule has 0 radical (unpaired) electrons. The smallest absolute Gasteiger partial charge is 0.418 e. The molecular formula is C28H43FN2O5SSi. The van der Waals surface area contributed by atoms with Gasteiger partial charge < -0.3 is 14.2 Å². The van der Waals surface area contributed by atoms with Crippen LogP contribution in [-0.4, -0.2) is 61.0 Å². The van der Waals surface area contributed by atoms with E-state index in [2.05, 4.69) is 26.2 Å². The molecule has 0 spiro atoms. The molecule has 0 fully saturated rings. The van der Waals surface area contributed by atoms with Gasteiger partial charge in [-0.15, -0.1) is 0 Å². The summed E-state index contributed by atoms with van der Waals surface area (Å²) >= 11 is 1.10. The van der Waals surface area contributed by atoms with Gasteiger partial charge in [-0.25, -0.2) is 14.1 Å². The molecule has 1 aromatic carbocycles. The van der Waals surface area contributed by atoms with Gasteiger partial charge in [0.2, 0.25) is 0 Å². The molecule has 1 heterocycles. The second-order valence-corrected chi connectivity index (χ2v) is 19.2. The van der Waals surface area contributed by atoms with Gasteiger partial charge >= 0.3 is 12.1 Å². The van der Waals surface area contributed by atoms with E-state index >= 15 is 4.39 Å². The summed E-state index contributed by atoms with van der Waals surface area (Å²) < 4.78 is 31.0. The maximum Gasteiger partial charge on any atom is 0.418 e. The number of hydrogen-bond donors (Lipinski definition) is 0. The monoisotopic (exact) mass is 566 g/mol. The normalized spacial score (nSPS) is 23.9. The predicted octanol–water partition coefficient (Wildman–Crippen LogP) is 6.90. The number of carbonyl (C=O) groups is 2. The molecule has 1 aromatic rings. The molecule has 0 bridgehead atoms. The fourth-order valence-corrected chi connectivity index (χ4v) is 6.24. The number of nitrogens with zero attached hydrogens (tertiary/aromatic N) is 2. The summed E-state index contributed by atoms with van der Waals surface area (Å²) in [7, 11) is -0.0616. The van der Waals surface area contributed by atoms with E-state index in [-0.39, 0.29) is 11.9 Å². The van der Waals surface area contributed by atoms with Gasteiger partial charge in [0.25, 0.3) is 0 Å². The number of ether oxygens (including phenoxy) is 3. The molecule has 0 saturated heterocycles. The number of hydrogen-bond acceptors (Lipinski definition) is 7. The Morgan fingerprint density at radius 3 is 2.42 bits per heavy atom. The van der Waals surface area contributed by atoms with Crippen LogP contribution in [-0.2, 0) is 24.5 Å². The molecule has 0 saturated carbocycles. The first-order valence-corrected chi connectivity index (χ1v) is 17.3. The zero-order valence-corrected chi connectivity index (χ0v) is 26.3. The fraction of sp³-hybridized carbons (Fsp3) is 0.607. The number of rotatable bonds is 8. The Balaban J connectivity index is 2.69. The van der Waals surface area contributed by atoms with Crippen LogP contribution >= 0.6 is 11.8 Å². The zero-order valence-electron chi connectivity index (χ0n) is 24.4. The summed E-state index contributed by atoms with van der Waals surface area (Å²) in [6.07, 6.45) is 0.957. The molecule has 0 aliphatic carbocycles. The minimum atomic E-state index is -1.37. The molecule has 212 valence electrons. The largest absolute Gasteiger partial charge is 0.468 e. The molecule has 2 rings (SSSR count). The van der Waals surface area contributed by atoms with E-state index < -0.39 is 47.8 Å². The number of halogens is 1. The van der Waals surface area contributed by atoms with E-state index in [1.807, 2.05) is 6.92 Å². The van der Waals surface area contributed by atoms with Crippen LogP contribution in [0, 0.1) is 11.7 Å². The van der Waals surface area contributed by atoms with Crippen molar-refractivity contribution in [3.8, 4) is 0 Å². The Morgan fingerprint density at radius 2 is 1.89 bits per heavy atom. The van der Waals surface area contributed by atoms with Gasteiger partial charge in [0, 0.05) is 26.2 Å². The lowest BCUT2D eigenvalue weighted by molar-refractivity contribution is -0.145. The van der Waals surface area contributed by atoms with Crippen molar-refractivity contribution in [2.45, 2.75) is 83.1 Å². The van der Waals surface area contributed by atoms with Gasteiger partial charge in [0.05, 0.1) is 12.6 Å². The lowest BCUT2D eigenvalue weighted by Gasteiger charge is -2.47. The van der Waals surface area contributed by atoms with Crippen molar-refractivity contribution in [1.29, 1.82) is 0 Å². The topological polar surface area (TPSA) is 77.4 Å². The second kappa shape index (κ2) is 11.9. The molecule has 0 N–H and O–H groups in total. The minimum Gasteiger partial charge on any atom is -0.468 e. The number of amides is 1. The highest BCUT2D eigenvalue weighted by Gasteiger charge is 2.56. The van der Waals surface area contributed by atoms with Crippen LogP contribution in [0.3, 0.4) is 0 Å². The van der Waals surface area contributed by atoms with Crippen LogP contribution in [0.5, 0.6) is 0 Å². The van der Waals surface area contributed by atoms with E-state index in [4.69, 9.17) is 19.2 Å². The van der Waals surface area contributed by atoms with Crippen molar-refractivity contribution < 1.29 is 28.2 Å². The molecule has 38 heavy (non-hydrogen) atoms. The fourth-order valence-electron chi connectivity index (χ4n) is 4.06. The lowest BCUT2D eigenvalue weighted by Crippen LogP contribution is -2.55. The van der Waals surface area contributed by atoms with Crippen LogP contribution in [0.15, 0.2) is 29.8 Å². The van der Waals surface area contributed by atoms with Crippen molar-refractivity contribution in [3.05, 3.63) is 41.7 Å². The Kier molecular flexibility index (Phi) is 10.0. The average Bonchev–Trinajstić information content (AvgIpc) is 2.80.